The summed E-state index contributed by atoms with van der Waals surface area (Å²) in [6.07, 6.45) is -0.266. The number of amidine groups is 1. The summed E-state index contributed by atoms with van der Waals surface area (Å²) in [4.78, 5) is 17.0. The largest absolute Gasteiger partial charge is 0.378 e. The second-order valence-corrected chi connectivity index (χ2v) is 7.93. The van der Waals surface area contributed by atoms with E-state index in [1.807, 2.05) is 70.6 Å². The third kappa shape index (κ3) is 3.85. The fraction of sp³-hybridized carbons (Fsp3) is 0.231. The van der Waals surface area contributed by atoms with Crippen LogP contribution in [0.2, 0.25) is 0 Å². The maximum Gasteiger partial charge on any atom is 0.198 e. The van der Waals surface area contributed by atoms with Crippen LogP contribution in [0.4, 0.5) is 17.1 Å². The second kappa shape index (κ2) is 8.85. The van der Waals surface area contributed by atoms with Gasteiger partial charge in [-0.05, 0) is 42.0 Å². The molecule has 162 valence electrons. The van der Waals surface area contributed by atoms with Crippen molar-refractivity contribution in [2.75, 3.05) is 41.1 Å². The predicted molar refractivity (Wildman–Crippen MR) is 128 cm³/mol. The summed E-state index contributed by atoms with van der Waals surface area (Å²) < 4.78 is 5.48. The molecule has 32 heavy (non-hydrogen) atoms. The molecule has 0 amide bonds. The number of hydrogen-bond donors (Lipinski definition) is 0. The molecule has 3 aromatic rings. The lowest BCUT2D eigenvalue weighted by Gasteiger charge is -2.33. The third-order valence-electron chi connectivity index (χ3n) is 5.84. The molecule has 0 spiro atoms. The number of benzene rings is 3. The molecule has 2 aliphatic heterocycles. The van der Waals surface area contributed by atoms with Crippen molar-refractivity contribution in [3.63, 3.8) is 0 Å². The molecule has 1 fully saturated rings. The molecule has 0 unspecified atom stereocenters. The summed E-state index contributed by atoms with van der Waals surface area (Å²) in [5.74, 6) is 0.365. The molecule has 0 N–H and O–H groups in total. The van der Waals surface area contributed by atoms with Gasteiger partial charge in [0.15, 0.2) is 17.8 Å². The molecule has 0 aromatic heterocycles. The average molecular weight is 427 g/mol. The van der Waals surface area contributed by atoms with Gasteiger partial charge in [-0.1, -0.05) is 48.5 Å². The van der Waals surface area contributed by atoms with Gasteiger partial charge in [0, 0.05) is 31.4 Å². The quantitative estimate of drug-likeness (QED) is 0.603. The van der Waals surface area contributed by atoms with Gasteiger partial charge in [-0.15, -0.1) is 5.10 Å². The zero-order valence-corrected chi connectivity index (χ0v) is 18.1. The maximum atomic E-state index is 12.6. The molecule has 3 aromatic carbocycles. The van der Waals surface area contributed by atoms with Crippen LogP contribution in [0.3, 0.4) is 0 Å². The molecule has 2 heterocycles. The number of carbonyl (C=O) groups excluding carboxylic acids is 1. The zero-order valence-electron chi connectivity index (χ0n) is 18.1. The number of anilines is 3. The number of para-hydroxylation sites is 2. The summed E-state index contributed by atoms with van der Waals surface area (Å²) in [6.45, 7) is 4.87. The van der Waals surface area contributed by atoms with Crippen molar-refractivity contribution in [3.8, 4) is 0 Å². The van der Waals surface area contributed by atoms with Crippen molar-refractivity contribution >= 4 is 28.7 Å². The standard InChI is InChI=1S/C26H26N4O2/c1-20(31)25-27-30(24-10-6-3-7-11-24)26(29(25)23-8-4-2-5-9-23)21-12-14-22(15-13-21)28-16-18-32-19-17-28/h2-15,26H,16-19H2,1H3/t26-/m1/s1. The molecule has 0 aliphatic carbocycles. The fourth-order valence-electron chi connectivity index (χ4n) is 4.27. The lowest BCUT2D eigenvalue weighted by molar-refractivity contribution is -0.111. The molecule has 2 aliphatic rings. The molecule has 0 saturated carbocycles. The predicted octanol–water partition coefficient (Wildman–Crippen LogP) is 4.45. The first-order valence-corrected chi connectivity index (χ1v) is 10.9. The van der Waals surface area contributed by atoms with Gasteiger partial charge in [-0.25, -0.2) is 5.01 Å². The Hall–Kier alpha value is -3.64. The first kappa shape index (κ1) is 20.3. The lowest BCUT2D eigenvalue weighted by Crippen LogP contribution is -2.38. The van der Waals surface area contributed by atoms with E-state index in [-0.39, 0.29) is 11.9 Å². The van der Waals surface area contributed by atoms with Crippen LogP contribution >= 0.6 is 0 Å². The molecule has 5 rings (SSSR count). The topological polar surface area (TPSA) is 48.4 Å². The number of hydrogen-bond acceptors (Lipinski definition) is 6. The summed E-state index contributed by atoms with van der Waals surface area (Å²) in [5.41, 5.74) is 4.11. The summed E-state index contributed by atoms with van der Waals surface area (Å²) in [7, 11) is 0. The van der Waals surface area contributed by atoms with Gasteiger partial charge in [-0.3, -0.25) is 9.69 Å². The minimum absolute atomic E-state index is 0.0674. The van der Waals surface area contributed by atoms with Crippen molar-refractivity contribution in [2.45, 2.75) is 13.1 Å². The van der Waals surface area contributed by atoms with E-state index in [2.05, 4.69) is 29.2 Å². The molecule has 1 atom stereocenters. The monoisotopic (exact) mass is 426 g/mol. The van der Waals surface area contributed by atoms with Gasteiger partial charge in [0.25, 0.3) is 0 Å². The van der Waals surface area contributed by atoms with Crippen LogP contribution in [0.15, 0.2) is 90.0 Å². The van der Waals surface area contributed by atoms with Gasteiger partial charge in [0.2, 0.25) is 0 Å². The van der Waals surface area contributed by atoms with E-state index >= 15 is 0 Å². The third-order valence-corrected chi connectivity index (χ3v) is 5.84. The van der Waals surface area contributed by atoms with Crippen LogP contribution in [-0.4, -0.2) is 37.9 Å². The van der Waals surface area contributed by atoms with Gasteiger partial charge in [0.05, 0.1) is 18.9 Å². The van der Waals surface area contributed by atoms with Crippen LogP contribution in [0.25, 0.3) is 0 Å². The Kier molecular flexibility index (Phi) is 5.60. The Labute approximate surface area is 188 Å². The van der Waals surface area contributed by atoms with Gasteiger partial charge >= 0.3 is 0 Å². The van der Waals surface area contributed by atoms with E-state index in [0.29, 0.717) is 5.84 Å². The molecule has 6 nitrogen and oxygen atoms in total. The zero-order chi connectivity index (χ0) is 21.9. The highest BCUT2D eigenvalue weighted by Crippen LogP contribution is 2.39. The van der Waals surface area contributed by atoms with Crippen LogP contribution in [-0.2, 0) is 9.53 Å². The lowest BCUT2D eigenvalue weighted by atomic mass is 10.1. The average Bonchev–Trinajstić information content (AvgIpc) is 3.27. The number of morpholine rings is 1. The minimum atomic E-state index is -0.266. The summed E-state index contributed by atoms with van der Waals surface area (Å²) >= 11 is 0. The molecule has 1 saturated heterocycles. The van der Waals surface area contributed by atoms with Gasteiger partial charge in [0.1, 0.15) is 0 Å². The van der Waals surface area contributed by atoms with Crippen molar-refractivity contribution in [1.29, 1.82) is 0 Å². The first-order valence-electron chi connectivity index (χ1n) is 10.9. The fourth-order valence-corrected chi connectivity index (χ4v) is 4.27. The van der Waals surface area contributed by atoms with Crippen molar-refractivity contribution in [3.05, 3.63) is 90.5 Å². The number of rotatable bonds is 5. The van der Waals surface area contributed by atoms with E-state index < -0.39 is 0 Å². The highest BCUT2D eigenvalue weighted by molar-refractivity contribution is 6.44. The Morgan fingerprint density at radius 3 is 2.00 bits per heavy atom. The second-order valence-electron chi connectivity index (χ2n) is 7.93. The molecular formula is C26H26N4O2. The number of nitrogens with zero attached hydrogens (tertiary/aromatic N) is 4. The van der Waals surface area contributed by atoms with Crippen LogP contribution < -0.4 is 14.8 Å². The number of hydrazone groups is 1. The van der Waals surface area contributed by atoms with E-state index in [0.717, 1.165) is 43.2 Å². The van der Waals surface area contributed by atoms with E-state index in [1.54, 1.807) is 6.92 Å². The summed E-state index contributed by atoms with van der Waals surface area (Å²) in [6, 6.07) is 28.6. The van der Waals surface area contributed by atoms with Crippen LogP contribution in [0.5, 0.6) is 0 Å². The molecule has 0 radical (unpaired) electrons. The van der Waals surface area contributed by atoms with Gasteiger partial charge < -0.3 is 9.64 Å². The Balaban J connectivity index is 1.57. The van der Waals surface area contributed by atoms with Crippen LogP contribution in [0, 0.1) is 0 Å². The van der Waals surface area contributed by atoms with Crippen molar-refractivity contribution in [1.82, 2.24) is 0 Å². The molecule has 0 bridgehead atoms. The van der Waals surface area contributed by atoms with Crippen molar-refractivity contribution in [2.24, 2.45) is 5.10 Å². The number of carbonyl (C=O) groups is 1. The molecular weight excluding hydrogens is 400 g/mol. The normalized spacial score (nSPS) is 18.6. The van der Waals surface area contributed by atoms with Crippen LogP contribution in [0.1, 0.15) is 18.7 Å². The van der Waals surface area contributed by atoms with Crippen molar-refractivity contribution < 1.29 is 9.53 Å². The van der Waals surface area contributed by atoms with Gasteiger partial charge in [-0.2, -0.15) is 0 Å². The SMILES string of the molecule is CC(=O)C1=NN(c2ccccc2)[C@H](c2ccc(N3CCOCC3)cc2)N1c1ccccc1. The minimum Gasteiger partial charge on any atom is -0.378 e. The van der Waals surface area contributed by atoms with E-state index in [4.69, 9.17) is 9.84 Å². The summed E-state index contributed by atoms with van der Waals surface area (Å²) in [5, 5.41) is 6.72. The number of ether oxygens (including phenoxy) is 1. The number of Topliss-reactive ketones (excluding diaryl/α,β-unsaturated/α-hetero) is 1. The highest BCUT2D eigenvalue weighted by atomic mass is 16.5. The van der Waals surface area contributed by atoms with E-state index in [9.17, 15) is 4.79 Å². The highest BCUT2D eigenvalue weighted by Gasteiger charge is 2.39. The Morgan fingerprint density at radius 2 is 1.41 bits per heavy atom. The first-order chi connectivity index (χ1) is 15.7. The van der Waals surface area contributed by atoms with E-state index in [1.165, 1.54) is 5.69 Å². The molecule has 6 heteroatoms. The number of ketones is 1. The maximum absolute atomic E-state index is 12.6. The Bertz CT molecular complexity index is 1090. The Morgan fingerprint density at radius 1 is 0.812 bits per heavy atom. The smallest absolute Gasteiger partial charge is 0.198 e.